The molecule has 0 aromatic heterocycles. The average Bonchev–Trinajstić information content (AvgIpc) is 2.77. The lowest BCUT2D eigenvalue weighted by atomic mass is 10.1. The molecule has 186 valence electrons. The van der Waals surface area contributed by atoms with E-state index < -0.39 is 28.5 Å². The normalized spacial score (nSPS) is 13.1. The zero-order valence-electron chi connectivity index (χ0n) is 20.6. The monoisotopic (exact) mass is 507 g/mol. The molecular formula is C25H34ClN3O4S. The lowest BCUT2D eigenvalue weighted by Gasteiger charge is -2.32. The maximum absolute atomic E-state index is 13.6. The highest BCUT2D eigenvalue weighted by Crippen LogP contribution is 2.25. The Bertz CT molecular complexity index is 1140. The Labute approximate surface area is 208 Å². The molecule has 2 rings (SSSR count). The third kappa shape index (κ3) is 7.21. The van der Waals surface area contributed by atoms with Crippen LogP contribution in [0.3, 0.4) is 0 Å². The van der Waals surface area contributed by atoms with Crippen LogP contribution in [0.2, 0.25) is 5.02 Å². The summed E-state index contributed by atoms with van der Waals surface area (Å²) in [4.78, 5) is 27.9. The van der Waals surface area contributed by atoms with Gasteiger partial charge in [0.15, 0.2) is 0 Å². The number of hydrogen-bond donors (Lipinski definition) is 1. The number of benzene rings is 2. The molecule has 0 unspecified atom stereocenters. The lowest BCUT2D eigenvalue weighted by molar-refractivity contribution is -0.139. The Morgan fingerprint density at radius 3 is 2.32 bits per heavy atom. The second kappa shape index (κ2) is 11.7. The van der Waals surface area contributed by atoms with Gasteiger partial charge in [-0.25, -0.2) is 8.42 Å². The topological polar surface area (TPSA) is 86.8 Å². The van der Waals surface area contributed by atoms with Crippen LogP contribution in [0.1, 0.15) is 43.9 Å². The van der Waals surface area contributed by atoms with Crippen LogP contribution >= 0.6 is 11.6 Å². The summed E-state index contributed by atoms with van der Waals surface area (Å²) in [5.41, 5.74) is 2.70. The molecule has 0 aliphatic carbocycles. The van der Waals surface area contributed by atoms with Gasteiger partial charge in [0, 0.05) is 17.6 Å². The number of halogens is 1. The molecule has 0 aliphatic rings. The van der Waals surface area contributed by atoms with Crippen molar-refractivity contribution in [3.63, 3.8) is 0 Å². The van der Waals surface area contributed by atoms with Crippen molar-refractivity contribution >= 4 is 39.1 Å². The minimum Gasteiger partial charge on any atom is -0.352 e. The van der Waals surface area contributed by atoms with Crippen molar-refractivity contribution < 1.29 is 18.0 Å². The van der Waals surface area contributed by atoms with Crippen molar-refractivity contribution in [1.29, 1.82) is 0 Å². The number of nitrogens with zero attached hydrogens (tertiary/aromatic N) is 2. The number of rotatable bonds is 10. The molecule has 2 atom stereocenters. The van der Waals surface area contributed by atoms with Gasteiger partial charge < -0.3 is 10.2 Å². The molecule has 2 aromatic carbocycles. The van der Waals surface area contributed by atoms with E-state index in [2.05, 4.69) is 5.32 Å². The number of hydrogen-bond acceptors (Lipinski definition) is 4. The van der Waals surface area contributed by atoms with Crippen LogP contribution in [-0.2, 0) is 26.2 Å². The molecule has 2 aromatic rings. The van der Waals surface area contributed by atoms with E-state index >= 15 is 0 Å². The molecule has 0 fully saturated rings. The number of carbonyl (C=O) groups excluding carboxylic acids is 2. The Balaban J connectivity index is 2.45. The second-order valence-electron chi connectivity index (χ2n) is 8.67. The zero-order chi connectivity index (χ0) is 25.6. The number of sulfonamides is 1. The SMILES string of the molecule is CC[C@@H](C)NC(=O)[C@H](C)N(Cc1ccccc1Cl)C(=O)CN(c1cc(C)ccc1C)S(C)(=O)=O. The van der Waals surface area contributed by atoms with Gasteiger partial charge in [0.25, 0.3) is 0 Å². The Hall–Kier alpha value is -2.58. The highest BCUT2D eigenvalue weighted by Gasteiger charge is 2.31. The van der Waals surface area contributed by atoms with Gasteiger partial charge in [-0.3, -0.25) is 13.9 Å². The fraction of sp³-hybridized carbons (Fsp3) is 0.440. The summed E-state index contributed by atoms with van der Waals surface area (Å²) >= 11 is 6.33. The molecule has 9 heteroatoms. The number of anilines is 1. The van der Waals surface area contributed by atoms with Crippen LogP contribution in [0.15, 0.2) is 42.5 Å². The first-order valence-electron chi connectivity index (χ1n) is 11.2. The predicted molar refractivity (Wildman–Crippen MR) is 137 cm³/mol. The van der Waals surface area contributed by atoms with E-state index in [0.717, 1.165) is 28.1 Å². The van der Waals surface area contributed by atoms with E-state index in [1.807, 2.05) is 32.9 Å². The Morgan fingerprint density at radius 1 is 1.09 bits per heavy atom. The minimum atomic E-state index is -3.78. The molecular weight excluding hydrogens is 474 g/mol. The van der Waals surface area contributed by atoms with Gasteiger partial charge in [-0.1, -0.05) is 48.9 Å². The quantitative estimate of drug-likeness (QED) is 0.525. The van der Waals surface area contributed by atoms with Crippen molar-refractivity contribution in [2.45, 2.75) is 59.7 Å². The summed E-state index contributed by atoms with van der Waals surface area (Å²) in [6, 6.07) is 11.6. The van der Waals surface area contributed by atoms with E-state index in [1.165, 1.54) is 4.90 Å². The van der Waals surface area contributed by atoms with Crippen molar-refractivity contribution in [3.05, 3.63) is 64.2 Å². The highest BCUT2D eigenvalue weighted by atomic mass is 35.5. The first kappa shape index (κ1) is 27.7. The van der Waals surface area contributed by atoms with Crippen molar-refractivity contribution in [2.75, 3.05) is 17.1 Å². The van der Waals surface area contributed by atoms with Gasteiger partial charge in [-0.05, 0) is 62.9 Å². The molecule has 0 bridgehead atoms. The number of aryl methyl sites for hydroxylation is 2. The molecule has 0 heterocycles. The summed E-state index contributed by atoms with van der Waals surface area (Å²) < 4.78 is 26.5. The molecule has 1 N–H and O–H groups in total. The summed E-state index contributed by atoms with van der Waals surface area (Å²) in [6.07, 6.45) is 1.81. The fourth-order valence-corrected chi connectivity index (χ4v) is 4.54. The van der Waals surface area contributed by atoms with E-state index in [1.54, 1.807) is 44.2 Å². The van der Waals surface area contributed by atoms with Gasteiger partial charge in [-0.2, -0.15) is 0 Å². The molecule has 0 saturated carbocycles. The second-order valence-corrected chi connectivity index (χ2v) is 11.0. The van der Waals surface area contributed by atoms with Gasteiger partial charge >= 0.3 is 0 Å². The third-order valence-electron chi connectivity index (χ3n) is 5.78. The van der Waals surface area contributed by atoms with E-state index in [0.29, 0.717) is 16.3 Å². The van der Waals surface area contributed by atoms with Crippen LogP contribution in [0.25, 0.3) is 0 Å². The summed E-state index contributed by atoms with van der Waals surface area (Å²) in [6.45, 7) is 8.76. The molecule has 0 radical (unpaired) electrons. The highest BCUT2D eigenvalue weighted by molar-refractivity contribution is 7.92. The molecule has 2 amide bonds. The Kier molecular flexibility index (Phi) is 9.53. The van der Waals surface area contributed by atoms with E-state index in [9.17, 15) is 18.0 Å². The summed E-state index contributed by atoms with van der Waals surface area (Å²) in [5, 5.41) is 3.36. The van der Waals surface area contributed by atoms with Gasteiger partial charge in [0.2, 0.25) is 21.8 Å². The number of nitrogens with one attached hydrogen (secondary N) is 1. The summed E-state index contributed by atoms with van der Waals surface area (Å²) in [7, 11) is -3.78. The predicted octanol–water partition coefficient (Wildman–Crippen LogP) is 4.05. The average molecular weight is 508 g/mol. The zero-order valence-corrected chi connectivity index (χ0v) is 22.2. The number of carbonyl (C=O) groups is 2. The van der Waals surface area contributed by atoms with Crippen LogP contribution in [0, 0.1) is 13.8 Å². The molecule has 7 nitrogen and oxygen atoms in total. The van der Waals surface area contributed by atoms with E-state index in [4.69, 9.17) is 11.6 Å². The van der Waals surface area contributed by atoms with Crippen molar-refractivity contribution in [3.8, 4) is 0 Å². The standard InChI is InChI=1S/C25H34ClN3O4S/c1-7-19(4)27-25(31)20(5)28(15-21-10-8-9-11-22(21)26)24(30)16-29(34(6,32)33)23-14-17(2)12-13-18(23)3/h8-14,19-20H,7,15-16H2,1-6H3,(H,27,31)/t19-,20+/m1/s1. The van der Waals surface area contributed by atoms with Gasteiger partial charge in [0.1, 0.15) is 12.6 Å². The Morgan fingerprint density at radius 2 is 1.74 bits per heavy atom. The first-order valence-corrected chi connectivity index (χ1v) is 13.5. The van der Waals surface area contributed by atoms with Crippen molar-refractivity contribution in [2.24, 2.45) is 0 Å². The first-order chi connectivity index (χ1) is 15.8. The maximum atomic E-state index is 13.6. The van der Waals surface area contributed by atoms with Gasteiger partial charge in [-0.15, -0.1) is 0 Å². The summed E-state index contributed by atoms with van der Waals surface area (Å²) in [5.74, 6) is -0.814. The van der Waals surface area contributed by atoms with E-state index in [-0.39, 0.29) is 18.5 Å². The van der Waals surface area contributed by atoms with Gasteiger partial charge in [0.05, 0.1) is 11.9 Å². The van der Waals surface area contributed by atoms with Crippen LogP contribution in [0.4, 0.5) is 5.69 Å². The lowest BCUT2D eigenvalue weighted by Crippen LogP contribution is -2.52. The molecule has 0 saturated heterocycles. The van der Waals surface area contributed by atoms with Crippen LogP contribution in [0.5, 0.6) is 0 Å². The van der Waals surface area contributed by atoms with Crippen LogP contribution < -0.4 is 9.62 Å². The van der Waals surface area contributed by atoms with Crippen molar-refractivity contribution in [1.82, 2.24) is 10.2 Å². The molecule has 0 aliphatic heterocycles. The minimum absolute atomic E-state index is 0.0605. The number of amides is 2. The maximum Gasteiger partial charge on any atom is 0.244 e. The largest absolute Gasteiger partial charge is 0.352 e. The molecule has 0 spiro atoms. The fourth-order valence-electron chi connectivity index (χ4n) is 3.44. The third-order valence-corrected chi connectivity index (χ3v) is 7.27. The molecule has 34 heavy (non-hydrogen) atoms. The van der Waals surface area contributed by atoms with Crippen LogP contribution in [-0.4, -0.2) is 50.0 Å². The smallest absolute Gasteiger partial charge is 0.244 e.